The van der Waals surface area contributed by atoms with E-state index in [2.05, 4.69) is 44.2 Å². The lowest BCUT2D eigenvalue weighted by atomic mass is 9.80. The molecule has 0 fully saturated rings. The van der Waals surface area contributed by atoms with Crippen molar-refractivity contribution in [3.05, 3.63) is 83.9 Å². The largest absolute Gasteiger partial charge is 0.497 e. The van der Waals surface area contributed by atoms with Gasteiger partial charge in [-0.3, -0.25) is 0 Å². The molecule has 0 aliphatic rings. The molecule has 0 saturated heterocycles. The summed E-state index contributed by atoms with van der Waals surface area (Å²) in [6.45, 7) is 4.61. The Morgan fingerprint density at radius 3 is 1.90 bits per heavy atom. The molecular weight excluding hydrogens is 360 g/mol. The van der Waals surface area contributed by atoms with Crippen LogP contribution >= 0.6 is 0 Å². The Bertz CT molecular complexity index is 896. The SMILES string of the molecule is COc1ccc(Oc2cccc(CCCC(C)(C)c3ccc(OC)cc3)c2)cc1. The highest BCUT2D eigenvalue weighted by Gasteiger charge is 2.20. The predicted octanol–water partition coefficient (Wildman–Crippen LogP) is 6.80. The highest BCUT2D eigenvalue weighted by molar-refractivity contribution is 5.37. The van der Waals surface area contributed by atoms with E-state index in [0.717, 1.165) is 42.3 Å². The Morgan fingerprint density at radius 2 is 1.28 bits per heavy atom. The summed E-state index contributed by atoms with van der Waals surface area (Å²) >= 11 is 0. The molecule has 0 amide bonds. The molecule has 0 unspecified atom stereocenters. The number of ether oxygens (including phenoxy) is 3. The molecule has 3 aromatic carbocycles. The quantitative estimate of drug-likeness (QED) is 0.402. The molecule has 0 aliphatic heterocycles. The summed E-state index contributed by atoms with van der Waals surface area (Å²) in [4.78, 5) is 0. The molecule has 0 aliphatic carbocycles. The van der Waals surface area contributed by atoms with Gasteiger partial charge in [-0.2, -0.15) is 0 Å². The second kappa shape index (κ2) is 9.51. The van der Waals surface area contributed by atoms with Crippen molar-refractivity contribution < 1.29 is 14.2 Å². The monoisotopic (exact) mass is 390 g/mol. The van der Waals surface area contributed by atoms with Crippen molar-refractivity contribution in [3.8, 4) is 23.0 Å². The highest BCUT2D eigenvalue weighted by atomic mass is 16.5. The number of rotatable bonds is 9. The van der Waals surface area contributed by atoms with E-state index in [9.17, 15) is 0 Å². The topological polar surface area (TPSA) is 27.7 Å². The third kappa shape index (κ3) is 5.77. The van der Waals surface area contributed by atoms with Crippen LogP contribution in [-0.4, -0.2) is 14.2 Å². The van der Waals surface area contributed by atoms with Crippen LogP contribution in [0.15, 0.2) is 72.8 Å². The molecule has 0 spiro atoms. The lowest BCUT2D eigenvalue weighted by Crippen LogP contribution is -2.17. The van der Waals surface area contributed by atoms with Crippen LogP contribution in [0.5, 0.6) is 23.0 Å². The molecule has 0 atom stereocenters. The van der Waals surface area contributed by atoms with Crippen molar-refractivity contribution in [3.63, 3.8) is 0 Å². The summed E-state index contributed by atoms with van der Waals surface area (Å²) in [5.41, 5.74) is 2.76. The Labute approximate surface area is 174 Å². The predicted molar refractivity (Wildman–Crippen MR) is 118 cm³/mol. The molecular formula is C26H30O3. The van der Waals surface area contributed by atoms with Gasteiger partial charge in [0.2, 0.25) is 0 Å². The molecule has 3 rings (SSSR count). The van der Waals surface area contributed by atoms with Gasteiger partial charge >= 0.3 is 0 Å². The van der Waals surface area contributed by atoms with Gasteiger partial charge in [0.1, 0.15) is 23.0 Å². The Morgan fingerprint density at radius 1 is 0.690 bits per heavy atom. The van der Waals surface area contributed by atoms with E-state index in [1.165, 1.54) is 11.1 Å². The van der Waals surface area contributed by atoms with Gasteiger partial charge in [0.25, 0.3) is 0 Å². The third-order valence-electron chi connectivity index (χ3n) is 5.33. The van der Waals surface area contributed by atoms with Crippen LogP contribution in [0.1, 0.15) is 37.8 Å². The van der Waals surface area contributed by atoms with Gasteiger partial charge in [-0.25, -0.2) is 0 Å². The first-order valence-electron chi connectivity index (χ1n) is 10.1. The Hall–Kier alpha value is -2.94. The lowest BCUT2D eigenvalue weighted by molar-refractivity contribution is 0.412. The van der Waals surface area contributed by atoms with Crippen molar-refractivity contribution in [1.29, 1.82) is 0 Å². The van der Waals surface area contributed by atoms with Crippen LogP contribution in [0.4, 0.5) is 0 Å². The zero-order valence-corrected chi connectivity index (χ0v) is 17.8. The maximum Gasteiger partial charge on any atom is 0.127 e. The van der Waals surface area contributed by atoms with E-state index >= 15 is 0 Å². The van der Waals surface area contributed by atoms with Gasteiger partial charge in [-0.15, -0.1) is 0 Å². The molecule has 3 nitrogen and oxygen atoms in total. The smallest absolute Gasteiger partial charge is 0.127 e. The van der Waals surface area contributed by atoms with E-state index in [1.54, 1.807) is 14.2 Å². The van der Waals surface area contributed by atoms with E-state index in [-0.39, 0.29) is 5.41 Å². The fraction of sp³-hybridized carbons (Fsp3) is 0.308. The molecule has 0 aromatic heterocycles. The fourth-order valence-corrected chi connectivity index (χ4v) is 3.47. The van der Waals surface area contributed by atoms with Crippen molar-refractivity contribution in [2.75, 3.05) is 14.2 Å². The fourth-order valence-electron chi connectivity index (χ4n) is 3.47. The van der Waals surface area contributed by atoms with Crippen LogP contribution in [0.25, 0.3) is 0 Å². The van der Waals surface area contributed by atoms with Crippen LogP contribution in [0, 0.1) is 0 Å². The van der Waals surface area contributed by atoms with Gasteiger partial charge in [0.05, 0.1) is 14.2 Å². The van der Waals surface area contributed by atoms with Crippen molar-refractivity contribution in [2.45, 2.75) is 38.5 Å². The minimum atomic E-state index is 0.128. The van der Waals surface area contributed by atoms with Gasteiger partial charge in [0.15, 0.2) is 0 Å². The molecule has 3 aromatic rings. The van der Waals surface area contributed by atoms with Gasteiger partial charge in [-0.05, 0) is 84.3 Å². The third-order valence-corrected chi connectivity index (χ3v) is 5.33. The average Bonchev–Trinajstić information content (AvgIpc) is 2.74. The normalized spacial score (nSPS) is 11.2. The Balaban J connectivity index is 1.56. The molecule has 0 saturated carbocycles. The van der Waals surface area contributed by atoms with Gasteiger partial charge < -0.3 is 14.2 Å². The standard InChI is InChI=1S/C26H30O3/c1-26(2,21-10-12-22(27-3)13-11-21)18-6-8-20-7-5-9-25(19-20)29-24-16-14-23(28-4)15-17-24/h5,7,9-17,19H,6,8,18H2,1-4H3. The molecule has 29 heavy (non-hydrogen) atoms. The minimum Gasteiger partial charge on any atom is -0.497 e. The maximum absolute atomic E-state index is 5.99. The number of aryl methyl sites for hydroxylation is 1. The van der Waals surface area contributed by atoms with E-state index in [0.29, 0.717) is 0 Å². The van der Waals surface area contributed by atoms with Gasteiger partial charge in [0, 0.05) is 0 Å². The van der Waals surface area contributed by atoms with Crippen LogP contribution in [0.2, 0.25) is 0 Å². The van der Waals surface area contributed by atoms with E-state index in [4.69, 9.17) is 14.2 Å². The van der Waals surface area contributed by atoms with Crippen LogP contribution < -0.4 is 14.2 Å². The highest BCUT2D eigenvalue weighted by Crippen LogP contribution is 2.31. The Kier molecular flexibility index (Phi) is 6.82. The van der Waals surface area contributed by atoms with Crippen molar-refractivity contribution in [2.24, 2.45) is 0 Å². The molecule has 0 bridgehead atoms. The second-order valence-electron chi connectivity index (χ2n) is 7.89. The van der Waals surface area contributed by atoms with E-state index in [1.807, 2.05) is 42.5 Å². The summed E-state index contributed by atoms with van der Waals surface area (Å²) in [5.74, 6) is 3.40. The zero-order chi connectivity index (χ0) is 20.7. The molecule has 3 heteroatoms. The summed E-state index contributed by atoms with van der Waals surface area (Å²) in [6.07, 6.45) is 3.26. The summed E-state index contributed by atoms with van der Waals surface area (Å²) < 4.78 is 16.4. The first-order chi connectivity index (χ1) is 14.0. The molecule has 152 valence electrons. The minimum absolute atomic E-state index is 0.128. The molecule has 0 N–H and O–H groups in total. The first kappa shape index (κ1) is 20.8. The first-order valence-corrected chi connectivity index (χ1v) is 10.1. The maximum atomic E-state index is 5.99. The van der Waals surface area contributed by atoms with Crippen LogP contribution in [0.3, 0.4) is 0 Å². The number of benzene rings is 3. The second-order valence-corrected chi connectivity index (χ2v) is 7.89. The number of hydrogen-bond donors (Lipinski definition) is 0. The summed E-state index contributed by atoms with van der Waals surface area (Å²) in [7, 11) is 3.36. The zero-order valence-electron chi connectivity index (χ0n) is 17.8. The van der Waals surface area contributed by atoms with Crippen LogP contribution in [-0.2, 0) is 11.8 Å². The number of methoxy groups -OCH3 is 2. The summed E-state index contributed by atoms with van der Waals surface area (Å²) in [6, 6.07) is 24.4. The van der Waals surface area contributed by atoms with Crippen molar-refractivity contribution in [1.82, 2.24) is 0 Å². The van der Waals surface area contributed by atoms with Crippen molar-refractivity contribution >= 4 is 0 Å². The lowest BCUT2D eigenvalue weighted by Gasteiger charge is -2.25. The number of hydrogen-bond acceptors (Lipinski definition) is 3. The van der Waals surface area contributed by atoms with E-state index < -0.39 is 0 Å². The average molecular weight is 391 g/mol. The summed E-state index contributed by atoms with van der Waals surface area (Å²) in [5, 5.41) is 0. The molecule has 0 heterocycles. The molecule has 0 radical (unpaired) electrons. The van der Waals surface area contributed by atoms with Gasteiger partial charge in [-0.1, -0.05) is 38.1 Å².